The second kappa shape index (κ2) is 4.01. The number of amides is 1. The Hall–Kier alpha value is -0.510. The fourth-order valence-electron chi connectivity index (χ4n) is 1.50. The third-order valence-corrected chi connectivity index (χ3v) is 4.27. The fourth-order valence-corrected chi connectivity index (χ4v) is 2.38. The van der Waals surface area contributed by atoms with Crippen molar-refractivity contribution in [3.05, 3.63) is 29.0 Å². The van der Waals surface area contributed by atoms with Gasteiger partial charge in [-0.2, -0.15) is 0 Å². The van der Waals surface area contributed by atoms with Crippen LogP contribution in [0.4, 0.5) is 10.1 Å². The Morgan fingerprint density at radius 1 is 1.47 bits per heavy atom. The third-order valence-electron chi connectivity index (χ3n) is 2.94. The predicted molar refractivity (Wildman–Crippen MR) is 67.2 cm³/mol. The van der Waals surface area contributed by atoms with E-state index in [1.54, 1.807) is 6.92 Å². The van der Waals surface area contributed by atoms with Gasteiger partial charge >= 0.3 is 0 Å². The average molecular weight is 297 g/mol. The second-order valence-corrected chi connectivity index (χ2v) is 6.21. The van der Waals surface area contributed by atoms with Gasteiger partial charge in [0.1, 0.15) is 10.2 Å². The highest BCUT2D eigenvalue weighted by atomic mass is 35.5. The third kappa shape index (κ3) is 2.24. The van der Waals surface area contributed by atoms with Crippen LogP contribution >= 0.6 is 34.8 Å². The lowest BCUT2D eigenvalue weighted by Crippen LogP contribution is -2.26. The summed E-state index contributed by atoms with van der Waals surface area (Å²) in [5.41, 5.74) is -0.857. The van der Waals surface area contributed by atoms with Gasteiger partial charge in [0.15, 0.2) is 0 Å². The van der Waals surface area contributed by atoms with E-state index in [-0.39, 0.29) is 5.69 Å². The maximum absolute atomic E-state index is 13.4. The molecule has 1 saturated carbocycles. The van der Waals surface area contributed by atoms with Crippen LogP contribution in [0.2, 0.25) is 5.02 Å². The Morgan fingerprint density at radius 2 is 2.06 bits per heavy atom. The van der Waals surface area contributed by atoms with E-state index in [1.165, 1.54) is 18.2 Å². The van der Waals surface area contributed by atoms with Crippen molar-refractivity contribution >= 4 is 46.4 Å². The van der Waals surface area contributed by atoms with Gasteiger partial charge in [-0.05, 0) is 31.5 Å². The monoisotopic (exact) mass is 295 g/mol. The molecule has 0 aliphatic heterocycles. The van der Waals surface area contributed by atoms with Crippen molar-refractivity contribution in [2.45, 2.75) is 17.7 Å². The van der Waals surface area contributed by atoms with E-state index in [0.29, 0.717) is 11.4 Å². The number of hydrogen-bond donors (Lipinski definition) is 1. The standard InChI is InChI=1S/C11H9Cl3FNO/c1-10(5-11(10,13)14)9(17)16-8-4-6(12)2-3-7(8)15/h2-4H,5H2,1H3,(H,16,17). The maximum atomic E-state index is 13.4. The van der Waals surface area contributed by atoms with Crippen LogP contribution in [0, 0.1) is 11.2 Å². The van der Waals surface area contributed by atoms with Crippen LogP contribution in [-0.4, -0.2) is 10.2 Å². The molecule has 1 N–H and O–H groups in total. The van der Waals surface area contributed by atoms with Gasteiger partial charge < -0.3 is 5.32 Å². The Balaban J connectivity index is 2.17. The topological polar surface area (TPSA) is 29.1 Å². The number of anilines is 1. The Labute approximate surface area is 113 Å². The number of carbonyl (C=O) groups is 1. The SMILES string of the molecule is CC1(C(=O)Nc2cc(Cl)ccc2F)CC1(Cl)Cl. The lowest BCUT2D eigenvalue weighted by Gasteiger charge is -2.13. The van der Waals surface area contributed by atoms with E-state index in [1.807, 2.05) is 0 Å². The van der Waals surface area contributed by atoms with E-state index in [9.17, 15) is 9.18 Å². The molecule has 1 unspecified atom stereocenters. The van der Waals surface area contributed by atoms with Gasteiger partial charge in [0.05, 0.1) is 11.1 Å². The van der Waals surface area contributed by atoms with E-state index < -0.39 is 21.5 Å². The van der Waals surface area contributed by atoms with Crippen LogP contribution < -0.4 is 5.32 Å². The smallest absolute Gasteiger partial charge is 0.233 e. The van der Waals surface area contributed by atoms with Gasteiger partial charge in [-0.15, -0.1) is 23.2 Å². The number of rotatable bonds is 2. The van der Waals surface area contributed by atoms with Crippen LogP contribution in [0.15, 0.2) is 18.2 Å². The van der Waals surface area contributed by atoms with E-state index in [2.05, 4.69) is 5.32 Å². The van der Waals surface area contributed by atoms with Gasteiger partial charge in [-0.1, -0.05) is 11.6 Å². The van der Waals surface area contributed by atoms with Crippen LogP contribution in [0.1, 0.15) is 13.3 Å². The van der Waals surface area contributed by atoms with Crippen molar-refractivity contribution in [3.63, 3.8) is 0 Å². The summed E-state index contributed by atoms with van der Waals surface area (Å²) in [5, 5.41) is 2.78. The van der Waals surface area contributed by atoms with Crippen molar-refractivity contribution in [2.24, 2.45) is 5.41 Å². The molecule has 1 aromatic carbocycles. The minimum absolute atomic E-state index is 0.0276. The summed E-state index contributed by atoms with van der Waals surface area (Å²) >= 11 is 17.4. The molecule has 92 valence electrons. The molecule has 0 heterocycles. The van der Waals surface area contributed by atoms with E-state index in [0.717, 1.165) is 0 Å². The van der Waals surface area contributed by atoms with E-state index >= 15 is 0 Å². The molecule has 1 aliphatic carbocycles. The number of halogens is 4. The molecule has 2 rings (SSSR count). The van der Waals surface area contributed by atoms with Crippen LogP contribution in [0.25, 0.3) is 0 Å². The molecule has 1 atom stereocenters. The molecular formula is C11H9Cl3FNO. The Kier molecular flexibility index (Phi) is 3.05. The summed E-state index contributed by atoms with van der Waals surface area (Å²) in [6.45, 7) is 1.63. The number of alkyl halides is 2. The largest absolute Gasteiger partial charge is 0.323 e. The zero-order chi connectivity index (χ0) is 12.8. The average Bonchev–Trinajstić information content (AvgIpc) is 2.74. The first-order valence-electron chi connectivity index (χ1n) is 4.91. The second-order valence-electron chi connectivity index (χ2n) is 4.29. The molecule has 0 aromatic heterocycles. The minimum atomic E-state index is -1.08. The van der Waals surface area contributed by atoms with Crippen molar-refractivity contribution in [1.82, 2.24) is 0 Å². The van der Waals surface area contributed by atoms with Crippen molar-refractivity contribution < 1.29 is 9.18 Å². The van der Waals surface area contributed by atoms with Crippen LogP contribution in [0.3, 0.4) is 0 Å². The van der Waals surface area contributed by atoms with Crippen LogP contribution in [0.5, 0.6) is 0 Å². The van der Waals surface area contributed by atoms with Gasteiger partial charge in [0, 0.05) is 5.02 Å². The Bertz CT molecular complexity index is 492. The molecule has 1 fully saturated rings. The highest BCUT2D eigenvalue weighted by Crippen LogP contribution is 2.64. The summed E-state index contributed by atoms with van der Waals surface area (Å²) in [6, 6.07) is 3.92. The predicted octanol–water partition coefficient (Wildman–Crippen LogP) is 4.00. The molecule has 0 bridgehead atoms. The van der Waals surface area contributed by atoms with Gasteiger partial charge in [0.2, 0.25) is 5.91 Å². The van der Waals surface area contributed by atoms with Gasteiger partial charge in [0.25, 0.3) is 0 Å². The van der Waals surface area contributed by atoms with Crippen molar-refractivity contribution in [3.8, 4) is 0 Å². The number of carbonyl (C=O) groups excluding carboxylic acids is 1. The lowest BCUT2D eigenvalue weighted by molar-refractivity contribution is -0.120. The summed E-state index contributed by atoms with van der Waals surface area (Å²) in [5.74, 6) is -0.967. The normalized spacial score (nSPS) is 25.5. The van der Waals surface area contributed by atoms with Gasteiger partial charge in [-0.25, -0.2) is 4.39 Å². The highest BCUT2D eigenvalue weighted by Gasteiger charge is 2.67. The molecule has 2 nitrogen and oxygen atoms in total. The fraction of sp³-hybridized carbons (Fsp3) is 0.364. The molecule has 17 heavy (non-hydrogen) atoms. The summed E-state index contributed by atoms with van der Waals surface area (Å²) in [4.78, 5) is 11.9. The zero-order valence-electron chi connectivity index (χ0n) is 8.86. The molecule has 0 saturated heterocycles. The first kappa shape index (κ1) is 12.9. The minimum Gasteiger partial charge on any atom is -0.323 e. The number of hydrogen-bond acceptors (Lipinski definition) is 1. The quantitative estimate of drug-likeness (QED) is 0.821. The number of nitrogens with one attached hydrogen (secondary N) is 1. The van der Waals surface area contributed by atoms with Gasteiger partial charge in [-0.3, -0.25) is 4.79 Å². The number of benzene rings is 1. The maximum Gasteiger partial charge on any atom is 0.233 e. The zero-order valence-corrected chi connectivity index (χ0v) is 11.1. The van der Waals surface area contributed by atoms with E-state index in [4.69, 9.17) is 34.8 Å². The van der Waals surface area contributed by atoms with Crippen molar-refractivity contribution in [2.75, 3.05) is 5.32 Å². The first-order chi connectivity index (χ1) is 7.76. The summed E-state index contributed by atoms with van der Waals surface area (Å²) in [6.07, 6.45) is 0.344. The lowest BCUT2D eigenvalue weighted by atomic mass is 10.1. The summed E-state index contributed by atoms with van der Waals surface area (Å²) in [7, 11) is 0. The van der Waals surface area contributed by atoms with Crippen molar-refractivity contribution in [1.29, 1.82) is 0 Å². The molecule has 1 aliphatic rings. The highest BCUT2D eigenvalue weighted by molar-refractivity contribution is 6.53. The molecular weight excluding hydrogens is 287 g/mol. The molecule has 0 radical (unpaired) electrons. The first-order valence-corrected chi connectivity index (χ1v) is 6.04. The Morgan fingerprint density at radius 3 is 2.59 bits per heavy atom. The van der Waals surface area contributed by atoms with Crippen LogP contribution in [-0.2, 0) is 4.79 Å². The molecule has 0 spiro atoms. The molecule has 6 heteroatoms. The molecule has 1 aromatic rings. The summed E-state index contributed by atoms with van der Waals surface area (Å²) < 4.78 is 12.3. The molecule has 1 amide bonds.